The van der Waals surface area contributed by atoms with Gasteiger partial charge in [-0.1, -0.05) is 6.92 Å². The fourth-order valence-electron chi connectivity index (χ4n) is 2.00. The number of halogens is 3. The Morgan fingerprint density at radius 1 is 1.25 bits per heavy atom. The van der Waals surface area contributed by atoms with Crippen LogP contribution in [0.15, 0.2) is 12.1 Å². The molecule has 1 aromatic carbocycles. The molecule has 0 aromatic heterocycles. The Hall–Kier alpha value is -1.90. The lowest BCUT2D eigenvalue weighted by Crippen LogP contribution is -2.24. The van der Waals surface area contributed by atoms with Gasteiger partial charge in [-0.05, 0) is 43.5 Å². The van der Waals surface area contributed by atoms with Gasteiger partial charge in [0.25, 0.3) is 5.78 Å². The number of aryl methyl sites for hydroxylation is 1. The predicted octanol–water partition coefficient (Wildman–Crippen LogP) is 2.85. The van der Waals surface area contributed by atoms with Crippen molar-refractivity contribution in [2.75, 3.05) is 6.26 Å². The second-order valence-electron chi connectivity index (χ2n) is 5.61. The molecule has 0 amide bonds. The average molecular weight is 366 g/mol. The average Bonchev–Trinajstić information content (AvgIpc) is 2.37. The van der Waals surface area contributed by atoms with E-state index in [1.807, 2.05) is 0 Å². The molecule has 1 atom stereocenters. The minimum Gasteiger partial charge on any atom is -0.382 e. The highest BCUT2D eigenvalue weighted by atomic mass is 32.2. The maximum Gasteiger partial charge on any atom is 0.454 e. The molecule has 0 saturated carbocycles. The summed E-state index contributed by atoms with van der Waals surface area (Å²) in [6.45, 7) is 4.09. The molecule has 0 radical (unpaired) electrons. The summed E-state index contributed by atoms with van der Waals surface area (Å²) in [6, 6.07) is 1.99. The molecule has 0 aliphatic heterocycles. The van der Waals surface area contributed by atoms with Crippen LogP contribution in [0.1, 0.15) is 35.3 Å². The van der Waals surface area contributed by atoms with Crippen LogP contribution >= 0.6 is 0 Å². The summed E-state index contributed by atoms with van der Waals surface area (Å²) < 4.78 is 65.5. The number of hydrogen-bond donors (Lipinski definition) is 0. The van der Waals surface area contributed by atoms with Gasteiger partial charge in [-0.2, -0.15) is 21.6 Å². The third kappa shape index (κ3) is 5.33. The zero-order chi connectivity index (χ0) is 18.9. The number of ketones is 2. The first-order chi connectivity index (χ1) is 10.7. The van der Waals surface area contributed by atoms with Crippen LogP contribution in [0.2, 0.25) is 0 Å². The summed E-state index contributed by atoms with van der Waals surface area (Å²) in [5, 5.41) is 0. The molecule has 0 spiro atoms. The number of benzene rings is 1. The molecule has 0 N–H and O–H groups in total. The zero-order valence-corrected chi connectivity index (χ0v) is 14.3. The van der Waals surface area contributed by atoms with E-state index in [4.69, 9.17) is 4.18 Å². The Balaban J connectivity index is 3.48. The summed E-state index contributed by atoms with van der Waals surface area (Å²) in [7, 11) is -3.93. The van der Waals surface area contributed by atoms with E-state index in [0.717, 1.165) is 18.4 Å². The molecule has 0 bridgehead atoms. The van der Waals surface area contributed by atoms with Gasteiger partial charge in [-0.15, -0.1) is 0 Å². The molecule has 134 valence electrons. The standard InChI is InChI=1S/C15H17F3O5S/c1-8(10(3)19)5-11-7-12(14(20)15(16,17)18)9(2)6-13(11)23-24(4,21)22/h6-8H,5H2,1-4H3. The summed E-state index contributed by atoms with van der Waals surface area (Å²) in [4.78, 5) is 22.9. The van der Waals surface area contributed by atoms with E-state index in [-0.39, 0.29) is 29.1 Å². The molecule has 24 heavy (non-hydrogen) atoms. The van der Waals surface area contributed by atoms with E-state index in [9.17, 15) is 31.2 Å². The Kier molecular flexibility index (Phi) is 5.81. The van der Waals surface area contributed by atoms with Crippen molar-refractivity contribution in [3.05, 3.63) is 28.8 Å². The maximum atomic E-state index is 12.7. The highest BCUT2D eigenvalue weighted by molar-refractivity contribution is 7.86. The van der Waals surface area contributed by atoms with Crippen LogP contribution in [0.3, 0.4) is 0 Å². The molecule has 0 aliphatic carbocycles. The summed E-state index contributed by atoms with van der Waals surface area (Å²) in [5.41, 5.74) is -0.634. The molecule has 1 rings (SSSR count). The minimum atomic E-state index is -5.06. The highest BCUT2D eigenvalue weighted by Gasteiger charge is 2.40. The number of carbonyl (C=O) groups is 2. The number of carbonyl (C=O) groups excluding carboxylic acids is 2. The van der Waals surface area contributed by atoms with Crippen molar-refractivity contribution >= 4 is 21.7 Å². The number of hydrogen-bond acceptors (Lipinski definition) is 5. The van der Waals surface area contributed by atoms with Crippen molar-refractivity contribution in [2.24, 2.45) is 5.92 Å². The van der Waals surface area contributed by atoms with Crippen molar-refractivity contribution < 1.29 is 35.4 Å². The predicted molar refractivity (Wildman–Crippen MR) is 80.6 cm³/mol. The quantitative estimate of drug-likeness (QED) is 0.571. The van der Waals surface area contributed by atoms with Gasteiger partial charge < -0.3 is 4.18 Å². The van der Waals surface area contributed by atoms with E-state index in [2.05, 4.69) is 0 Å². The second-order valence-corrected chi connectivity index (χ2v) is 7.18. The molecule has 0 heterocycles. The first-order valence-corrected chi connectivity index (χ1v) is 8.69. The lowest BCUT2D eigenvalue weighted by Gasteiger charge is -2.16. The van der Waals surface area contributed by atoms with Crippen molar-refractivity contribution in [3.63, 3.8) is 0 Å². The van der Waals surface area contributed by atoms with Crippen molar-refractivity contribution in [1.29, 1.82) is 0 Å². The third-order valence-electron chi connectivity index (χ3n) is 3.37. The molecule has 0 fully saturated rings. The van der Waals surface area contributed by atoms with Gasteiger partial charge in [0.15, 0.2) is 0 Å². The number of rotatable bonds is 6. The molecule has 0 saturated heterocycles. The van der Waals surface area contributed by atoms with E-state index >= 15 is 0 Å². The largest absolute Gasteiger partial charge is 0.454 e. The summed E-state index contributed by atoms with van der Waals surface area (Å²) >= 11 is 0. The summed E-state index contributed by atoms with van der Waals surface area (Å²) in [6.07, 6.45) is -4.33. The SMILES string of the molecule is CC(=O)C(C)Cc1cc(C(=O)C(F)(F)F)c(C)cc1OS(C)(=O)=O. The smallest absolute Gasteiger partial charge is 0.382 e. The highest BCUT2D eigenvalue weighted by Crippen LogP contribution is 2.31. The van der Waals surface area contributed by atoms with Crippen LogP contribution in [-0.2, 0) is 21.3 Å². The first kappa shape index (κ1) is 20.1. The molecule has 0 aliphatic rings. The second kappa shape index (κ2) is 6.92. The van der Waals surface area contributed by atoms with Crippen LogP contribution in [0, 0.1) is 12.8 Å². The maximum absolute atomic E-state index is 12.7. The van der Waals surface area contributed by atoms with Gasteiger partial charge in [0.2, 0.25) is 0 Å². The number of alkyl halides is 3. The van der Waals surface area contributed by atoms with Crippen LogP contribution in [0.4, 0.5) is 13.2 Å². The molecular weight excluding hydrogens is 349 g/mol. The summed E-state index contributed by atoms with van der Waals surface area (Å²) in [5.74, 6) is -3.04. The lowest BCUT2D eigenvalue weighted by atomic mass is 9.93. The van der Waals surface area contributed by atoms with Crippen LogP contribution in [0.25, 0.3) is 0 Å². The Morgan fingerprint density at radius 3 is 2.21 bits per heavy atom. The van der Waals surface area contributed by atoms with Gasteiger partial charge in [0.1, 0.15) is 11.5 Å². The molecule has 1 unspecified atom stereocenters. The molecular formula is C15H17F3O5S. The number of Topliss-reactive ketones (excluding diaryl/α,β-unsaturated/α-hetero) is 2. The fourth-order valence-corrected chi connectivity index (χ4v) is 2.48. The van der Waals surface area contributed by atoms with E-state index in [1.54, 1.807) is 0 Å². The van der Waals surface area contributed by atoms with Crippen LogP contribution < -0.4 is 4.18 Å². The van der Waals surface area contributed by atoms with Gasteiger partial charge >= 0.3 is 16.3 Å². The normalized spacial score (nSPS) is 13.5. The Bertz CT molecular complexity index is 766. The van der Waals surface area contributed by atoms with Gasteiger partial charge in [-0.25, -0.2) is 0 Å². The Labute approximate surface area is 137 Å². The molecule has 5 nitrogen and oxygen atoms in total. The van der Waals surface area contributed by atoms with Gasteiger partial charge in [0, 0.05) is 11.5 Å². The lowest BCUT2D eigenvalue weighted by molar-refractivity contribution is -0.120. The van der Waals surface area contributed by atoms with Crippen molar-refractivity contribution in [1.82, 2.24) is 0 Å². The fraction of sp³-hybridized carbons (Fsp3) is 0.467. The molecule has 1 aromatic rings. The Morgan fingerprint density at radius 2 is 1.79 bits per heavy atom. The third-order valence-corrected chi connectivity index (χ3v) is 3.85. The van der Waals surface area contributed by atoms with E-state index in [0.29, 0.717) is 0 Å². The first-order valence-electron chi connectivity index (χ1n) is 6.87. The van der Waals surface area contributed by atoms with Gasteiger partial charge in [0.05, 0.1) is 6.26 Å². The van der Waals surface area contributed by atoms with Crippen LogP contribution in [0.5, 0.6) is 5.75 Å². The topological polar surface area (TPSA) is 77.5 Å². The van der Waals surface area contributed by atoms with Crippen molar-refractivity contribution in [2.45, 2.75) is 33.4 Å². The van der Waals surface area contributed by atoms with Crippen molar-refractivity contribution in [3.8, 4) is 5.75 Å². The van der Waals surface area contributed by atoms with E-state index in [1.165, 1.54) is 20.8 Å². The van der Waals surface area contributed by atoms with Crippen LogP contribution in [-0.4, -0.2) is 32.4 Å². The molecule has 9 heteroatoms. The minimum absolute atomic E-state index is 0.0429. The zero-order valence-electron chi connectivity index (χ0n) is 13.5. The monoisotopic (exact) mass is 366 g/mol. The van der Waals surface area contributed by atoms with E-state index < -0.39 is 33.6 Å². The van der Waals surface area contributed by atoms with Gasteiger partial charge in [-0.3, -0.25) is 9.59 Å².